The van der Waals surface area contributed by atoms with Gasteiger partial charge in [0.05, 0.1) is 6.04 Å². The number of amides is 1. The lowest BCUT2D eigenvalue weighted by Crippen LogP contribution is -2.39. The van der Waals surface area contributed by atoms with Gasteiger partial charge in [-0.1, -0.05) is 12.1 Å². The van der Waals surface area contributed by atoms with Crippen LogP contribution in [0, 0.1) is 0 Å². The summed E-state index contributed by atoms with van der Waals surface area (Å²) < 4.78 is 39.7. The summed E-state index contributed by atoms with van der Waals surface area (Å²) in [4.78, 5) is 11.7. The van der Waals surface area contributed by atoms with Crippen LogP contribution < -0.4 is 15.4 Å². The van der Waals surface area contributed by atoms with Crippen molar-refractivity contribution in [1.29, 1.82) is 0 Å². The highest BCUT2D eigenvalue weighted by Gasteiger charge is 2.30. The van der Waals surface area contributed by atoms with Crippen LogP contribution in [0.4, 0.5) is 13.2 Å². The first-order valence-corrected chi connectivity index (χ1v) is 6.30. The molecule has 0 radical (unpaired) electrons. The second-order valence-corrected chi connectivity index (χ2v) is 4.56. The van der Waals surface area contributed by atoms with Crippen molar-refractivity contribution in [2.24, 2.45) is 0 Å². The Morgan fingerprint density at radius 3 is 2.60 bits per heavy atom. The first kappa shape index (κ1) is 14.6. The number of carbonyl (C=O) groups excluding carboxylic acids is 1. The molecule has 2 rings (SSSR count). The molecular weight excluding hydrogens is 273 g/mol. The van der Waals surface area contributed by atoms with Gasteiger partial charge >= 0.3 is 6.36 Å². The number of hydrogen-bond acceptors (Lipinski definition) is 3. The molecule has 1 amide bonds. The lowest BCUT2D eigenvalue weighted by atomic mass is 10.2. The fraction of sp³-hybridized carbons (Fsp3) is 0.462. The van der Waals surface area contributed by atoms with Gasteiger partial charge < -0.3 is 15.4 Å². The van der Waals surface area contributed by atoms with E-state index in [0.717, 1.165) is 19.4 Å². The van der Waals surface area contributed by atoms with Crippen LogP contribution in [0.25, 0.3) is 0 Å². The molecule has 1 aliphatic heterocycles. The molecule has 1 fully saturated rings. The SMILES string of the molecule is O=C(NCc1ccc(OC(F)(F)F)cc1)C1CCCN1. The highest BCUT2D eigenvalue weighted by molar-refractivity contribution is 5.81. The number of halogens is 3. The van der Waals surface area contributed by atoms with E-state index in [2.05, 4.69) is 15.4 Å². The van der Waals surface area contributed by atoms with Crippen LogP contribution in [0.2, 0.25) is 0 Å². The lowest BCUT2D eigenvalue weighted by molar-refractivity contribution is -0.274. The molecular formula is C13H15F3N2O2. The van der Waals surface area contributed by atoms with Crippen molar-refractivity contribution in [2.75, 3.05) is 6.54 Å². The normalized spacial score (nSPS) is 18.9. The Labute approximate surface area is 114 Å². The number of nitrogens with one attached hydrogen (secondary N) is 2. The number of carbonyl (C=O) groups is 1. The van der Waals surface area contributed by atoms with Crippen LogP contribution in [0.15, 0.2) is 24.3 Å². The molecule has 1 atom stereocenters. The molecule has 1 saturated heterocycles. The van der Waals surface area contributed by atoms with E-state index < -0.39 is 6.36 Å². The van der Waals surface area contributed by atoms with E-state index in [1.54, 1.807) is 0 Å². The van der Waals surface area contributed by atoms with Gasteiger partial charge in [0.25, 0.3) is 0 Å². The minimum Gasteiger partial charge on any atom is -0.406 e. The molecule has 0 aliphatic carbocycles. The third-order valence-electron chi connectivity index (χ3n) is 3.00. The first-order valence-electron chi connectivity index (χ1n) is 6.30. The molecule has 2 N–H and O–H groups in total. The molecule has 110 valence electrons. The Kier molecular flexibility index (Phi) is 4.49. The van der Waals surface area contributed by atoms with Gasteiger partial charge in [0.2, 0.25) is 5.91 Å². The maximum absolute atomic E-state index is 12.0. The van der Waals surface area contributed by atoms with Gasteiger partial charge in [-0.05, 0) is 37.1 Å². The van der Waals surface area contributed by atoms with Crippen molar-refractivity contribution in [2.45, 2.75) is 31.8 Å². The van der Waals surface area contributed by atoms with Crippen molar-refractivity contribution in [3.8, 4) is 5.75 Å². The predicted octanol–water partition coefficient (Wildman–Crippen LogP) is 1.95. The predicted molar refractivity (Wildman–Crippen MR) is 66.0 cm³/mol. The molecule has 1 heterocycles. The largest absolute Gasteiger partial charge is 0.573 e. The molecule has 1 aromatic rings. The second kappa shape index (κ2) is 6.13. The Morgan fingerprint density at radius 2 is 2.05 bits per heavy atom. The van der Waals surface area contributed by atoms with Gasteiger partial charge in [0.1, 0.15) is 5.75 Å². The van der Waals surface area contributed by atoms with Crippen LogP contribution in [-0.4, -0.2) is 24.9 Å². The Bertz CT molecular complexity index is 454. The van der Waals surface area contributed by atoms with Gasteiger partial charge in [-0.15, -0.1) is 13.2 Å². The molecule has 1 aromatic carbocycles. The monoisotopic (exact) mass is 288 g/mol. The van der Waals surface area contributed by atoms with Gasteiger partial charge in [-0.2, -0.15) is 0 Å². The smallest absolute Gasteiger partial charge is 0.406 e. The van der Waals surface area contributed by atoms with Gasteiger partial charge in [0.15, 0.2) is 0 Å². The maximum atomic E-state index is 12.0. The minimum absolute atomic E-state index is 0.0851. The van der Waals surface area contributed by atoms with E-state index in [9.17, 15) is 18.0 Å². The molecule has 1 aliphatic rings. The zero-order valence-corrected chi connectivity index (χ0v) is 10.7. The molecule has 0 aromatic heterocycles. The summed E-state index contributed by atoms with van der Waals surface area (Å²) in [5.74, 6) is -0.358. The van der Waals surface area contributed by atoms with Gasteiger partial charge in [-0.25, -0.2) is 0 Å². The highest BCUT2D eigenvalue weighted by Crippen LogP contribution is 2.22. The summed E-state index contributed by atoms with van der Waals surface area (Å²) in [5, 5.41) is 5.81. The van der Waals surface area contributed by atoms with E-state index in [4.69, 9.17) is 0 Å². The Balaban J connectivity index is 1.83. The molecule has 0 spiro atoms. The summed E-state index contributed by atoms with van der Waals surface area (Å²) in [6, 6.07) is 5.26. The third-order valence-corrected chi connectivity index (χ3v) is 3.00. The third kappa shape index (κ3) is 4.41. The second-order valence-electron chi connectivity index (χ2n) is 4.56. The average molecular weight is 288 g/mol. The van der Waals surface area contributed by atoms with E-state index in [1.807, 2.05) is 0 Å². The minimum atomic E-state index is -4.69. The summed E-state index contributed by atoms with van der Waals surface area (Å²) >= 11 is 0. The van der Waals surface area contributed by atoms with Gasteiger partial charge in [-0.3, -0.25) is 4.79 Å². The highest BCUT2D eigenvalue weighted by atomic mass is 19.4. The molecule has 0 saturated carbocycles. The van der Waals surface area contributed by atoms with Crippen molar-refractivity contribution in [3.63, 3.8) is 0 Å². The van der Waals surface area contributed by atoms with Crippen molar-refractivity contribution < 1.29 is 22.7 Å². The van der Waals surface area contributed by atoms with Crippen LogP contribution in [0.1, 0.15) is 18.4 Å². The number of rotatable bonds is 4. The molecule has 20 heavy (non-hydrogen) atoms. The number of alkyl halides is 3. The fourth-order valence-electron chi connectivity index (χ4n) is 2.03. The van der Waals surface area contributed by atoms with E-state index in [-0.39, 0.29) is 24.2 Å². The summed E-state index contributed by atoms with van der Waals surface area (Å²) in [7, 11) is 0. The number of benzene rings is 1. The van der Waals surface area contributed by atoms with Crippen LogP contribution in [-0.2, 0) is 11.3 Å². The fourth-order valence-corrected chi connectivity index (χ4v) is 2.03. The topological polar surface area (TPSA) is 50.4 Å². The van der Waals surface area contributed by atoms with Crippen LogP contribution in [0.3, 0.4) is 0 Å². The quantitative estimate of drug-likeness (QED) is 0.890. The summed E-state index contributed by atoms with van der Waals surface area (Å²) in [6.07, 6.45) is -2.91. The van der Waals surface area contributed by atoms with E-state index in [1.165, 1.54) is 24.3 Å². The van der Waals surface area contributed by atoms with E-state index >= 15 is 0 Å². The Hall–Kier alpha value is -1.76. The van der Waals surface area contributed by atoms with Crippen molar-refractivity contribution >= 4 is 5.91 Å². The molecule has 4 nitrogen and oxygen atoms in total. The summed E-state index contributed by atoms with van der Waals surface area (Å²) in [6.45, 7) is 1.12. The first-order chi connectivity index (χ1) is 9.44. The standard InChI is InChI=1S/C13H15F3N2O2/c14-13(15,16)20-10-5-3-9(4-6-10)8-18-12(19)11-2-1-7-17-11/h3-6,11,17H,1-2,7-8H2,(H,18,19). The number of hydrogen-bond donors (Lipinski definition) is 2. The Morgan fingerprint density at radius 1 is 1.35 bits per heavy atom. The molecule has 1 unspecified atom stereocenters. The zero-order valence-electron chi connectivity index (χ0n) is 10.7. The molecule has 0 bridgehead atoms. The summed E-state index contributed by atoms with van der Waals surface area (Å²) in [5.41, 5.74) is 0.714. The van der Waals surface area contributed by atoms with Crippen molar-refractivity contribution in [1.82, 2.24) is 10.6 Å². The number of ether oxygens (including phenoxy) is 1. The van der Waals surface area contributed by atoms with E-state index in [0.29, 0.717) is 5.56 Å². The van der Waals surface area contributed by atoms with Crippen molar-refractivity contribution in [3.05, 3.63) is 29.8 Å². The van der Waals surface area contributed by atoms with Gasteiger partial charge in [0, 0.05) is 6.54 Å². The van der Waals surface area contributed by atoms with Crippen LogP contribution >= 0.6 is 0 Å². The zero-order chi connectivity index (χ0) is 14.6. The maximum Gasteiger partial charge on any atom is 0.573 e. The lowest BCUT2D eigenvalue weighted by Gasteiger charge is -2.12. The van der Waals surface area contributed by atoms with Crippen LogP contribution in [0.5, 0.6) is 5.75 Å². The molecule has 7 heteroatoms. The average Bonchev–Trinajstić information content (AvgIpc) is 2.89.